The second-order valence-corrected chi connectivity index (χ2v) is 14.0. The number of carbonyl (C=O) groups is 2. The summed E-state index contributed by atoms with van der Waals surface area (Å²) in [5, 5.41) is 3.00. The SMILES string of the molecule is CCCCNC(=O)C(Cc1ccccc1)N(Cc1ccc(Br)cc1)C(=O)CN(c1ccc(Br)cc1)S(=O)(=O)c1ccccc1. The molecule has 1 N–H and O–H groups in total. The number of halogens is 2. The fraction of sp³-hybridized carbons (Fsp3) is 0.235. The Kier molecular flexibility index (Phi) is 12.2. The van der Waals surface area contributed by atoms with Crippen LogP contribution in [0.2, 0.25) is 0 Å². The number of nitrogens with zero attached hydrogens (tertiary/aromatic N) is 2. The van der Waals surface area contributed by atoms with Crippen molar-refractivity contribution >= 4 is 59.4 Å². The monoisotopic (exact) mass is 739 g/mol. The average molecular weight is 742 g/mol. The predicted octanol–water partition coefficient (Wildman–Crippen LogP) is 6.96. The zero-order valence-corrected chi connectivity index (χ0v) is 28.4. The minimum Gasteiger partial charge on any atom is -0.354 e. The summed E-state index contributed by atoms with van der Waals surface area (Å²) < 4.78 is 30.8. The molecule has 0 aliphatic rings. The van der Waals surface area contributed by atoms with Gasteiger partial charge in [-0.25, -0.2) is 8.42 Å². The van der Waals surface area contributed by atoms with Gasteiger partial charge in [0.2, 0.25) is 11.8 Å². The van der Waals surface area contributed by atoms with E-state index in [1.807, 2.05) is 61.5 Å². The summed E-state index contributed by atoms with van der Waals surface area (Å²) in [6.45, 7) is 2.14. The molecule has 7 nitrogen and oxygen atoms in total. The molecule has 0 radical (unpaired) electrons. The second-order valence-electron chi connectivity index (χ2n) is 10.3. The first-order valence-corrected chi connectivity index (χ1v) is 17.4. The lowest BCUT2D eigenvalue weighted by Gasteiger charge is -2.34. The topological polar surface area (TPSA) is 86.8 Å². The van der Waals surface area contributed by atoms with Crippen LogP contribution >= 0.6 is 31.9 Å². The third kappa shape index (κ3) is 9.03. The number of rotatable bonds is 14. The van der Waals surface area contributed by atoms with Gasteiger partial charge < -0.3 is 10.2 Å². The number of hydrogen-bond acceptors (Lipinski definition) is 4. The highest BCUT2D eigenvalue weighted by molar-refractivity contribution is 9.10. The van der Waals surface area contributed by atoms with Gasteiger partial charge in [0.15, 0.2) is 0 Å². The molecule has 1 atom stereocenters. The Labute approximate surface area is 276 Å². The largest absolute Gasteiger partial charge is 0.354 e. The van der Waals surface area contributed by atoms with Gasteiger partial charge >= 0.3 is 0 Å². The van der Waals surface area contributed by atoms with E-state index in [2.05, 4.69) is 37.2 Å². The molecule has 0 aliphatic heterocycles. The average Bonchev–Trinajstić information content (AvgIpc) is 3.03. The van der Waals surface area contributed by atoms with Gasteiger partial charge in [-0.1, -0.05) is 106 Å². The van der Waals surface area contributed by atoms with Gasteiger partial charge in [-0.3, -0.25) is 13.9 Å². The zero-order valence-electron chi connectivity index (χ0n) is 24.4. The number of benzene rings is 4. The number of amides is 2. The van der Waals surface area contributed by atoms with Crippen LogP contribution in [0.5, 0.6) is 0 Å². The minimum atomic E-state index is -4.13. The number of carbonyl (C=O) groups excluding carboxylic acids is 2. The Morgan fingerprint density at radius 1 is 0.773 bits per heavy atom. The molecule has 0 aliphatic carbocycles. The molecule has 2 amide bonds. The highest BCUT2D eigenvalue weighted by Crippen LogP contribution is 2.26. The first-order chi connectivity index (χ1) is 21.2. The van der Waals surface area contributed by atoms with Gasteiger partial charge in [0.25, 0.3) is 10.0 Å². The van der Waals surface area contributed by atoms with E-state index < -0.39 is 28.5 Å². The number of sulfonamides is 1. The predicted molar refractivity (Wildman–Crippen MR) is 182 cm³/mol. The summed E-state index contributed by atoms with van der Waals surface area (Å²) >= 11 is 6.87. The van der Waals surface area contributed by atoms with Crippen LogP contribution in [0, 0.1) is 0 Å². The summed E-state index contributed by atoms with van der Waals surface area (Å²) in [6, 6.07) is 30.9. The number of nitrogens with one attached hydrogen (secondary N) is 1. The van der Waals surface area contributed by atoms with Crippen molar-refractivity contribution in [3.8, 4) is 0 Å². The zero-order chi connectivity index (χ0) is 31.5. The summed E-state index contributed by atoms with van der Waals surface area (Å²) in [4.78, 5) is 29.8. The first-order valence-electron chi connectivity index (χ1n) is 14.4. The van der Waals surface area contributed by atoms with Crippen LogP contribution in [-0.2, 0) is 32.6 Å². The maximum atomic E-state index is 14.4. The van der Waals surface area contributed by atoms with Gasteiger partial charge in [-0.05, 0) is 66.1 Å². The van der Waals surface area contributed by atoms with Gasteiger partial charge in [0, 0.05) is 28.5 Å². The van der Waals surface area contributed by atoms with Crippen molar-refractivity contribution in [1.29, 1.82) is 0 Å². The molecule has 0 fully saturated rings. The molecule has 230 valence electrons. The highest BCUT2D eigenvalue weighted by atomic mass is 79.9. The summed E-state index contributed by atoms with van der Waals surface area (Å²) in [6.07, 6.45) is 1.98. The maximum Gasteiger partial charge on any atom is 0.264 e. The normalized spacial score (nSPS) is 11.9. The van der Waals surface area contributed by atoms with Crippen molar-refractivity contribution in [2.24, 2.45) is 0 Å². The smallest absolute Gasteiger partial charge is 0.264 e. The second kappa shape index (κ2) is 16.0. The van der Waals surface area contributed by atoms with Crippen LogP contribution in [0.3, 0.4) is 0 Å². The molecule has 0 aromatic heterocycles. The summed E-state index contributed by atoms with van der Waals surface area (Å²) in [5.74, 6) is -0.782. The lowest BCUT2D eigenvalue weighted by atomic mass is 10.0. The van der Waals surface area contributed by atoms with Crippen molar-refractivity contribution in [2.75, 3.05) is 17.4 Å². The van der Waals surface area contributed by atoms with Gasteiger partial charge in [0.05, 0.1) is 10.6 Å². The van der Waals surface area contributed by atoms with Crippen molar-refractivity contribution in [3.05, 3.63) is 129 Å². The van der Waals surface area contributed by atoms with E-state index in [4.69, 9.17) is 0 Å². The molecule has 0 saturated carbocycles. The van der Waals surface area contributed by atoms with E-state index in [1.54, 1.807) is 42.5 Å². The Morgan fingerprint density at radius 3 is 1.93 bits per heavy atom. The third-order valence-corrected chi connectivity index (χ3v) is 9.94. The molecule has 0 spiro atoms. The number of anilines is 1. The number of hydrogen-bond donors (Lipinski definition) is 1. The van der Waals surface area contributed by atoms with Crippen LogP contribution in [0.25, 0.3) is 0 Å². The van der Waals surface area contributed by atoms with Crippen LogP contribution in [-0.4, -0.2) is 44.3 Å². The van der Waals surface area contributed by atoms with Crippen LogP contribution in [0.4, 0.5) is 5.69 Å². The Bertz CT molecular complexity index is 1620. The Hall–Kier alpha value is -3.47. The molecule has 44 heavy (non-hydrogen) atoms. The minimum absolute atomic E-state index is 0.0633. The van der Waals surface area contributed by atoms with Crippen LogP contribution < -0.4 is 9.62 Å². The van der Waals surface area contributed by atoms with E-state index in [0.29, 0.717) is 12.2 Å². The molecule has 0 saturated heterocycles. The molecule has 4 aromatic rings. The fourth-order valence-electron chi connectivity index (χ4n) is 4.70. The van der Waals surface area contributed by atoms with Crippen LogP contribution in [0.1, 0.15) is 30.9 Å². The first kappa shape index (κ1) is 33.4. The third-order valence-electron chi connectivity index (χ3n) is 7.09. The molecule has 0 heterocycles. The molecule has 1 unspecified atom stereocenters. The molecule has 4 aromatic carbocycles. The molecular formula is C34H35Br2N3O4S. The van der Waals surface area contributed by atoms with Crippen molar-refractivity contribution in [1.82, 2.24) is 10.2 Å². The fourth-order valence-corrected chi connectivity index (χ4v) is 6.67. The lowest BCUT2D eigenvalue weighted by molar-refractivity contribution is -0.140. The van der Waals surface area contributed by atoms with Gasteiger partial charge in [-0.15, -0.1) is 0 Å². The summed E-state index contributed by atoms with van der Waals surface area (Å²) in [5.41, 5.74) is 2.03. The standard InChI is InChI=1S/C34H35Br2N3O4S/c1-2-3-22-37-34(41)32(23-26-10-6-4-7-11-26)38(24-27-14-16-28(35)17-15-27)33(40)25-39(30-20-18-29(36)19-21-30)44(42,43)31-12-8-5-9-13-31/h4-21,32H,2-3,22-25H2,1H3,(H,37,41). The van der Waals surface area contributed by atoms with Crippen LogP contribution in [0.15, 0.2) is 123 Å². The molecular weight excluding hydrogens is 706 g/mol. The van der Waals surface area contributed by atoms with E-state index >= 15 is 0 Å². The maximum absolute atomic E-state index is 14.4. The highest BCUT2D eigenvalue weighted by Gasteiger charge is 2.34. The van der Waals surface area contributed by atoms with E-state index in [0.717, 1.165) is 37.2 Å². The molecule has 4 rings (SSSR count). The Balaban J connectivity index is 1.77. The number of unbranched alkanes of at least 4 members (excludes halogenated alkanes) is 1. The molecule has 10 heteroatoms. The van der Waals surface area contributed by atoms with E-state index in [9.17, 15) is 18.0 Å². The summed E-state index contributed by atoms with van der Waals surface area (Å²) in [7, 11) is -4.13. The van der Waals surface area contributed by atoms with E-state index in [-0.39, 0.29) is 23.8 Å². The van der Waals surface area contributed by atoms with Crippen molar-refractivity contribution in [3.63, 3.8) is 0 Å². The van der Waals surface area contributed by atoms with Crippen molar-refractivity contribution < 1.29 is 18.0 Å². The molecule has 0 bridgehead atoms. The van der Waals surface area contributed by atoms with Gasteiger partial charge in [-0.2, -0.15) is 0 Å². The van der Waals surface area contributed by atoms with E-state index in [1.165, 1.54) is 17.0 Å². The lowest BCUT2D eigenvalue weighted by Crippen LogP contribution is -2.53. The van der Waals surface area contributed by atoms with Gasteiger partial charge in [0.1, 0.15) is 12.6 Å². The Morgan fingerprint density at radius 2 is 1.34 bits per heavy atom. The quantitative estimate of drug-likeness (QED) is 0.142. The van der Waals surface area contributed by atoms with Crippen molar-refractivity contribution in [2.45, 2.75) is 43.7 Å².